The van der Waals surface area contributed by atoms with Crippen LogP contribution >= 0.6 is 0 Å². The topological polar surface area (TPSA) is 58.6 Å². The van der Waals surface area contributed by atoms with Gasteiger partial charge in [0.2, 0.25) is 0 Å². The number of esters is 1. The molecule has 1 saturated carbocycles. The van der Waals surface area contributed by atoms with Crippen LogP contribution in [-0.2, 0) is 9.53 Å². The van der Waals surface area contributed by atoms with Crippen molar-refractivity contribution in [1.82, 2.24) is 4.90 Å². The lowest BCUT2D eigenvalue weighted by Crippen LogP contribution is -2.45. The van der Waals surface area contributed by atoms with E-state index in [0.717, 1.165) is 32.1 Å². The number of rotatable bonds is 5. The number of carbonyl (C=O) groups excluding carboxylic acids is 2. The predicted molar refractivity (Wildman–Crippen MR) is 85.6 cm³/mol. The molecule has 0 bridgehead atoms. The van der Waals surface area contributed by atoms with E-state index in [9.17, 15) is 14.0 Å². The first-order chi connectivity index (χ1) is 11.1. The molecule has 0 spiro atoms. The summed E-state index contributed by atoms with van der Waals surface area (Å²) in [5.41, 5.74) is 0.149. The highest BCUT2D eigenvalue weighted by molar-refractivity contribution is 5.90. The molecule has 1 fully saturated rings. The number of anilines is 1. The third-order valence-corrected chi connectivity index (χ3v) is 4.18. The van der Waals surface area contributed by atoms with Crippen molar-refractivity contribution in [2.75, 3.05) is 19.0 Å². The molecule has 5 nitrogen and oxygen atoms in total. The number of halogens is 1. The van der Waals surface area contributed by atoms with Gasteiger partial charge in [0, 0.05) is 12.6 Å². The zero-order valence-corrected chi connectivity index (χ0v) is 13.4. The third kappa shape index (κ3) is 4.94. The minimum absolute atomic E-state index is 0.0835. The summed E-state index contributed by atoms with van der Waals surface area (Å²) in [7, 11) is 1.33. The molecule has 1 aliphatic carbocycles. The lowest BCUT2D eigenvalue weighted by atomic mass is 9.94. The molecule has 0 atom stereocenters. The Bertz CT molecular complexity index is 544. The molecular formula is C17H23FN2O3. The summed E-state index contributed by atoms with van der Waals surface area (Å²) in [4.78, 5) is 25.6. The highest BCUT2D eigenvalue weighted by Gasteiger charge is 2.26. The number of amides is 2. The number of hydrogen-bond donors (Lipinski definition) is 1. The van der Waals surface area contributed by atoms with E-state index >= 15 is 0 Å². The molecule has 0 radical (unpaired) electrons. The number of urea groups is 1. The van der Waals surface area contributed by atoms with Crippen LogP contribution in [0.5, 0.6) is 0 Å². The van der Waals surface area contributed by atoms with E-state index in [4.69, 9.17) is 0 Å². The molecular weight excluding hydrogens is 299 g/mol. The monoisotopic (exact) mass is 322 g/mol. The maximum absolute atomic E-state index is 13.7. The maximum atomic E-state index is 13.7. The van der Waals surface area contributed by atoms with E-state index in [1.54, 1.807) is 17.0 Å². The van der Waals surface area contributed by atoms with Crippen molar-refractivity contribution in [3.63, 3.8) is 0 Å². The van der Waals surface area contributed by atoms with Crippen LogP contribution in [0.15, 0.2) is 24.3 Å². The molecule has 23 heavy (non-hydrogen) atoms. The van der Waals surface area contributed by atoms with E-state index in [2.05, 4.69) is 10.1 Å². The molecule has 0 saturated heterocycles. The van der Waals surface area contributed by atoms with Gasteiger partial charge in [0.1, 0.15) is 5.82 Å². The summed E-state index contributed by atoms with van der Waals surface area (Å²) in [5, 5.41) is 2.61. The summed E-state index contributed by atoms with van der Waals surface area (Å²) < 4.78 is 18.4. The number of para-hydroxylation sites is 1. The van der Waals surface area contributed by atoms with Gasteiger partial charge in [-0.1, -0.05) is 31.4 Å². The minimum Gasteiger partial charge on any atom is -0.469 e. The Hall–Kier alpha value is -2.11. The Balaban J connectivity index is 2.06. The maximum Gasteiger partial charge on any atom is 0.322 e. The zero-order valence-electron chi connectivity index (χ0n) is 13.4. The minimum atomic E-state index is -0.475. The summed E-state index contributed by atoms with van der Waals surface area (Å²) in [6.07, 6.45) is 5.24. The fourth-order valence-electron chi connectivity index (χ4n) is 2.91. The average molecular weight is 322 g/mol. The van der Waals surface area contributed by atoms with Crippen molar-refractivity contribution < 1.29 is 18.7 Å². The second kappa shape index (κ2) is 8.50. The number of nitrogens with one attached hydrogen (secondary N) is 1. The van der Waals surface area contributed by atoms with Crippen LogP contribution in [0.1, 0.15) is 38.5 Å². The quantitative estimate of drug-likeness (QED) is 0.843. The molecule has 2 rings (SSSR count). The Morgan fingerprint density at radius 2 is 1.96 bits per heavy atom. The van der Waals surface area contributed by atoms with Crippen molar-refractivity contribution in [1.29, 1.82) is 0 Å². The van der Waals surface area contributed by atoms with Crippen molar-refractivity contribution in [3.8, 4) is 0 Å². The van der Waals surface area contributed by atoms with Crippen LogP contribution in [0, 0.1) is 5.82 Å². The van der Waals surface area contributed by atoms with Gasteiger partial charge >= 0.3 is 12.0 Å². The van der Waals surface area contributed by atoms with Gasteiger partial charge in [-0.3, -0.25) is 4.79 Å². The summed E-state index contributed by atoms with van der Waals surface area (Å²) in [6, 6.07) is 5.77. The van der Waals surface area contributed by atoms with E-state index in [1.807, 2.05) is 0 Å². The van der Waals surface area contributed by atoms with Gasteiger partial charge in [-0.2, -0.15) is 0 Å². The molecule has 0 aliphatic heterocycles. The van der Waals surface area contributed by atoms with E-state index < -0.39 is 5.82 Å². The van der Waals surface area contributed by atoms with Crippen LogP contribution in [0.25, 0.3) is 0 Å². The molecule has 2 amide bonds. The van der Waals surface area contributed by atoms with E-state index in [0.29, 0.717) is 0 Å². The van der Waals surface area contributed by atoms with Crippen LogP contribution in [-0.4, -0.2) is 36.6 Å². The SMILES string of the molecule is COC(=O)CCN(C(=O)Nc1ccccc1F)C1CCCCC1. The van der Waals surface area contributed by atoms with Crippen molar-refractivity contribution in [3.05, 3.63) is 30.1 Å². The van der Waals surface area contributed by atoms with Gasteiger partial charge < -0.3 is 15.0 Å². The largest absolute Gasteiger partial charge is 0.469 e. The van der Waals surface area contributed by atoms with Gasteiger partial charge in [0.25, 0.3) is 0 Å². The summed E-state index contributed by atoms with van der Waals surface area (Å²) in [6.45, 7) is 0.275. The average Bonchev–Trinajstić information content (AvgIpc) is 2.58. The first kappa shape index (κ1) is 17.2. The molecule has 1 N–H and O–H groups in total. The van der Waals surface area contributed by atoms with Crippen LogP contribution in [0.4, 0.5) is 14.9 Å². The van der Waals surface area contributed by atoms with Crippen LogP contribution < -0.4 is 5.32 Å². The van der Waals surface area contributed by atoms with E-state index in [-0.39, 0.29) is 36.7 Å². The Kier molecular flexibility index (Phi) is 6.38. The fourth-order valence-corrected chi connectivity index (χ4v) is 2.91. The molecule has 0 heterocycles. The van der Waals surface area contributed by atoms with Crippen LogP contribution in [0.2, 0.25) is 0 Å². The number of nitrogens with zero attached hydrogens (tertiary/aromatic N) is 1. The molecule has 6 heteroatoms. The van der Waals surface area contributed by atoms with Gasteiger partial charge in [-0.15, -0.1) is 0 Å². The Labute approximate surface area is 135 Å². The summed E-state index contributed by atoms with van der Waals surface area (Å²) in [5.74, 6) is -0.832. The number of ether oxygens (including phenoxy) is 1. The third-order valence-electron chi connectivity index (χ3n) is 4.18. The Morgan fingerprint density at radius 3 is 2.61 bits per heavy atom. The zero-order chi connectivity index (χ0) is 16.7. The number of methoxy groups -OCH3 is 1. The van der Waals surface area contributed by atoms with E-state index in [1.165, 1.54) is 19.2 Å². The highest BCUT2D eigenvalue weighted by Crippen LogP contribution is 2.24. The van der Waals surface area contributed by atoms with Gasteiger partial charge in [0.05, 0.1) is 19.2 Å². The molecule has 1 aromatic rings. The van der Waals surface area contributed by atoms with Crippen molar-refractivity contribution in [2.24, 2.45) is 0 Å². The first-order valence-corrected chi connectivity index (χ1v) is 8.01. The second-order valence-electron chi connectivity index (χ2n) is 5.72. The summed E-state index contributed by atoms with van der Waals surface area (Å²) >= 11 is 0. The molecule has 0 unspecified atom stereocenters. The van der Waals surface area contributed by atoms with Crippen LogP contribution in [0.3, 0.4) is 0 Å². The predicted octanol–water partition coefficient (Wildman–Crippen LogP) is 3.56. The number of carbonyl (C=O) groups is 2. The van der Waals surface area contributed by atoms with Crippen molar-refractivity contribution >= 4 is 17.7 Å². The lowest BCUT2D eigenvalue weighted by Gasteiger charge is -2.34. The lowest BCUT2D eigenvalue weighted by molar-refractivity contribution is -0.140. The number of benzene rings is 1. The highest BCUT2D eigenvalue weighted by atomic mass is 19.1. The molecule has 0 aromatic heterocycles. The van der Waals surface area contributed by atoms with Gasteiger partial charge in [-0.25, -0.2) is 9.18 Å². The fraction of sp³-hybridized carbons (Fsp3) is 0.529. The smallest absolute Gasteiger partial charge is 0.322 e. The van der Waals surface area contributed by atoms with Crippen molar-refractivity contribution in [2.45, 2.75) is 44.6 Å². The molecule has 1 aliphatic rings. The van der Waals surface area contributed by atoms with Gasteiger partial charge in [-0.05, 0) is 25.0 Å². The van der Waals surface area contributed by atoms with Gasteiger partial charge in [0.15, 0.2) is 0 Å². The molecule has 126 valence electrons. The molecule has 1 aromatic carbocycles. The normalized spacial score (nSPS) is 15.0. The first-order valence-electron chi connectivity index (χ1n) is 8.01. The second-order valence-corrected chi connectivity index (χ2v) is 5.72. The standard InChI is InChI=1S/C17H23FN2O3/c1-23-16(21)11-12-20(13-7-3-2-4-8-13)17(22)19-15-10-6-5-9-14(15)18/h5-6,9-10,13H,2-4,7-8,11-12H2,1H3,(H,19,22). The number of hydrogen-bond acceptors (Lipinski definition) is 3. The Morgan fingerprint density at radius 1 is 1.26 bits per heavy atom.